The Morgan fingerprint density at radius 3 is 2.35 bits per heavy atom. The van der Waals surface area contributed by atoms with Crippen LogP contribution in [0.2, 0.25) is 0 Å². The summed E-state index contributed by atoms with van der Waals surface area (Å²) in [6, 6.07) is 11.8. The number of benzene rings is 1. The van der Waals surface area contributed by atoms with Gasteiger partial charge in [-0.15, -0.1) is 0 Å². The van der Waals surface area contributed by atoms with Crippen molar-refractivity contribution in [1.29, 1.82) is 15.8 Å². The van der Waals surface area contributed by atoms with E-state index >= 15 is 0 Å². The standard InChI is InChI=1S/C16H13N5O2/c17-9-12(10-18)15(11-19)20-14-4-2-1-3-13(14)16(22)21-5-7-23-8-6-21/h1-4,20H,5-8H2. The molecule has 0 radical (unpaired) electrons. The number of nitrogens with zero attached hydrogens (tertiary/aromatic N) is 4. The highest BCUT2D eigenvalue weighted by atomic mass is 16.5. The fourth-order valence-corrected chi connectivity index (χ4v) is 2.13. The van der Waals surface area contributed by atoms with Gasteiger partial charge in [0.25, 0.3) is 5.91 Å². The Labute approximate surface area is 133 Å². The number of amides is 1. The van der Waals surface area contributed by atoms with Gasteiger partial charge in [0, 0.05) is 13.1 Å². The molecule has 1 N–H and O–H groups in total. The van der Waals surface area contributed by atoms with Crippen LogP contribution in [0.5, 0.6) is 0 Å². The second-order valence-electron chi connectivity index (χ2n) is 4.66. The molecule has 7 heteroatoms. The lowest BCUT2D eigenvalue weighted by atomic mass is 10.1. The predicted octanol–water partition coefficient (Wildman–Crippen LogP) is 1.40. The van der Waals surface area contributed by atoms with E-state index in [0.717, 1.165) is 0 Å². The van der Waals surface area contributed by atoms with Crippen LogP contribution in [-0.4, -0.2) is 37.1 Å². The first-order valence-electron chi connectivity index (χ1n) is 6.89. The van der Waals surface area contributed by atoms with Crippen molar-refractivity contribution in [1.82, 2.24) is 4.90 Å². The molecule has 0 atom stereocenters. The second-order valence-corrected chi connectivity index (χ2v) is 4.66. The van der Waals surface area contributed by atoms with Crippen LogP contribution in [0.3, 0.4) is 0 Å². The molecule has 0 aliphatic carbocycles. The van der Waals surface area contributed by atoms with Crippen LogP contribution in [0.15, 0.2) is 35.5 Å². The molecule has 1 saturated heterocycles. The van der Waals surface area contributed by atoms with Gasteiger partial charge in [0.15, 0.2) is 5.57 Å². The second kappa shape index (κ2) is 7.61. The van der Waals surface area contributed by atoms with Gasteiger partial charge in [0.05, 0.1) is 24.5 Å². The van der Waals surface area contributed by atoms with E-state index in [1.807, 2.05) is 0 Å². The molecule has 1 aliphatic rings. The molecule has 0 spiro atoms. The molecule has 23 heavy (non-hydrogen) atoms. The van der Waals surface area contributed by atoms with E-state index in [1.54, 1.807) is 47.4 Å². The molecule has 1 amide bonds. The summed E-state index contributed by atoms with van der Waals surface area (Å²) >= 11 is 0. The number of nitrogens with one attached hydrogen (secondary N) is 1. The van der Waals surface area contributed by atoms with Gasteiger partial charge >= 0.3 is 0 Å². The number of nitriles is 3. The molecular weight excluding hydrogens is 294 g/mol. The molecule has 1 aliphatic heterocycles. The average Bonchev–Trinajstić information content (AvgIpc) is 2.62. The topological polar surface area (TPSA) is 113 Å². The van der Waals surface area contributed by atoms with Crippen LogP contribution in [0.25, 0.3) is 0 Å². The Morgan fingerprint density at radius 2 is 1.74 bits per heavy atom. The first kappa shape index (κ1) is 16.0. The van der Waals surface area contributed by atoms with Gasteiger partial charge in [-0.05, 0) is 12.1 Å². The highest BCUT2D eigenvalue weighted by Gasteiger charge is 2.21. The van der Waals surface area contributed by atoms with Crippen molar-refractivity contribution < 1.29 is 9.53 Å². The molecule has 0 bridgehead atoms. The number of anilines is 1. The quantitative estimate of drug-likeness (QED) is 0.844. The third-order valence-corrected chi connectivity index (χ3v) is 3.30. The molecule has 1 heterocycles. The van der Waals surface area contributed by atoms with Crippen molar-refractivity contribution in [3.63, 3.8) is 0 Å². The summed E-state index contributed by atoms with van der Waals surface area (Å²) in [6.45, 7) is 1.96. The van der Waals surface area contributed by atoms with Gasteiger partial charge in [-0.25, -0.2) is 0 Å². The van der Waals surface area contributed by atoms with Crippen molar-refractivity contribution in [2.45, 2.75) is 0 Å². The van der Waals surface area contributed by atoms with Crippen molar-refractivity contribution in [2.24, 2.45) is 0 Å². The Hall–Kier alpha value is -3.34. The molecule has 0 aromatic heterocycles. The summed E-state index contributed by atoms with van der Waals surface area (Å²) in [5.74, 6) is -0.191. The van der Waals surface area contributed by atoms with E-state index < -0.39 is 0 Å². The number of rotatable bonds is 3. The van der Waals surface area contributed by atoms with E-state index in [1.165, 1.54) is 0 Å². The van der Waals surface area contributed by atoms with Crippen LogP contribution in [0, 0.1) is 34.0 Å². The maximum Gasteiger partial charge on any atom is 0.256 e. The van der Waals surface area contributed by atoms with Gasteiger partial charge in [0.2, 0.25) is 0 Å². The summed E-state index contributed by atoms with van der Waals surface area (Å²) in [5, 5.41) is 29.6. The predicted molar refractivity (Wildman–Crippen MR) is 80.7 cm³/mol. The maximum absolute atomic E-state index is 12.6. The summed E-state index contributed by atoms with van der Waals surface area (Å²) in [7, 11) is 0. The normalized spacial score (nSPS) is 13.2. The molecule has 0 saturated carbocycles. The molecule has 1 aromatic rings. The minimum atomic E-state index is -0.332. The van der Waals surface area contributed by atoms with Crippen molar-refractivity contribution in [3.8, 4) is 18.2 Å². The minimum absolute atomic E-state index is 0.183. The van der Waals surface area contributed by atoms with Crippen LogP contribution >= 0.6 is 0 Å². The first-order chi connectivity index (χ1) is 11.2. The monoisotopic (exact) mass is 307 g/mol. The van der Waals surface area contributed by atoms with Gasteiger partial charge in [0.1, 0.15) is 23.9 Å². The van der Waals surface area contributed by atoms with Gasteiger partial charge in [-0.3, -0.25) is 4.79 Å². The number of hydrogen-bond acceptors (Lipinski definition) is 6. The highest BCUT2D eigenvalue weighted by Crippen LogP contribution is 2.20. The number of allylic oxidation sites excluding steroid dienone is 2. The van der Waals surface area contributed by atoms with Crippen LogP contribution in [-0.2, 0) is 4.74 Å². The molecule has 2 rings (SSSR count). The Balaban J connectivity index is 2.33. The van der Waals surface area contributed by atoms with Crippen molar-refractivity contribution in [3.05, 3.63) is 41.1 Å². The fraction of sp³-hybridized carbons (Fsp3) is 0.250. The van der Waals surface area contributed by atoms with E-state index in [0.29, 0.717) is 37.6 Å². The fourth-order valence-electron chi connectivity index (χ4n) is 2.13. The minimum Gasteiger partial charge on any atom is -0.378 e. The number of hydrogen-bond donors (Lipinski definition) is 1. The number of ether oxygens (including phenoxy) is 1. The zero-order valence-electron chi connectivity index (χ0n) is 12.2. The van der Waals surface area contributed by atoms with E-state index in [9.17, 15) is 4.79 Å². The van der Waals surface area contributed by atoms with Gasteiger partial charge in [-0.2, -0.15) is 15.8 Å². The molecule has 7 nitrogen and oxygen atoms in total. The summed E-state index contributed by atoms with van der Waals surface area (Å²) in [6.07, 6.45) is 0. The Morgan fingerprint density at radius 1 is 1.09 bits per heavy atom. The average molecular weight is 307 g/mol. The largest absolute Gasteiger partial charge is 0.378 e. The summed E-state index contributed by atoms with van der Waals surface area (Å²) in [4.78, 5) is 14.3. The number of para-hydroxylation sites is 1. The van der Waals surface area contributed by atoms with E-state index in [2.05, 4.69) is 5.32 Å². The van der Waals surface area contributed by atoms with E-state index in [4.69, 9.17) is 20.5 Å². The lowest BCUT2D eigenvalue weighted by Gasteiger charge is -2.27. The highest BCUT2D eigenvalue weighted by molar-refractivity contribution is 6.00. The third kappa shape index (κ3) is 3.65. The van der Waals surface area contributed by atoms with Crippen LogP contribution in [0.4, 0.5) is 5.69 Å². The van der Waals surface area contributed by atoms with Crippen molar-refractivity contribution in [2.75, 3.05) is 31.6 Å². The lowest BCUT2D eigenvalue weighted by molar-refractivity contribution is 0.0303. The van der Waals surface area contributed by atoms with Gasteiger partial charge < -0.3 is 15.0 Å². The molecule has 0 unspecified atom stereocenters. The number of carbonyl (C=O) groups is 1. The summed E-state index contributed by atoms with van der Waals surface area (Å²) < 4.78 is 5.23. The molecule has 114 valence electrons. The number of carbonyl (C=O) groups excluding carboxylic acids is 1. The Bertz CT molecular complexity index is 742. The first-order valence-corrected chi connectivity index (χ1v) is 6.89. The van der Waals surface area contributed by atoms with Crippen LogP contribution < -0.4 is 5.32 Å². The lowest BCUT2D eigenvalue weighted by Crippen LogP contribution is -2.40. The maximum atomic E-state index is 12.6. The zero-order valence-corrected chi connectivity index (χ0v) is 12.2. The number of morpholine rings is 1. The van der Waals surface area contributed by atoms with E-state index in [-0.39, 0.29) is 17.2 Å². The molecular formula is C16H13N5O2. The van der Waals surface area contributed by atoms with Crippen molar-refractivity contribution >= 4 is 11.6 Å². The SMILES string of the molecule is N#CC(C#N)=C(C#N)Nc1ccccc1C(=O)N1CCOCC1. The third-order valence-electron chi connectivity index (χ3n) is 3.30. The molecule has 1 fully saturated rings. The molecule has 1 aromatic carbocycles. The summed E-state index contributed by atoms with van der Waals surface area (Å²) in [5.41, 5.74) is 0.235. The zero-order chi connectivity index (χ0) is 16.7. The van der Waals surface area contributed by atoms with Gasteiger partial charge in [-0.1, -0.05) is 12.1 Å². The smallest absolute Gasteiger partial charge is 0.256 e. The Kier molecular flexibility index (Phi) is 5.30. The van der Waals surface area contributed by atoms with Crippen LogP contribution in [0.1, 0.15) is 10.4 Å².